The average Bonchev–Trinajstić information content (AvgIpc) is 2.29. The second-order valence-corrected chi connectivity index (χ2v) is 4.27. The highest BCUT2D eigenvalue weighted by Crippen LogP contribution is 2.12. The Labute approximate surface area is 103 Å². The molecule has 1 amide bonds. The molecule has 1 rings (SSSR count). The van der Waals surface area contributed by atoms with E-state index in [1.165, 1.54) is 0 Å². The summed E-state index contributed by atoms with van der Waals surface area (Å²) in [7, 11) is 5.56. The standard InChI is InChI=1S/C13H20N2O2/c1-10(9-17-4)14-13(16)11-5-7-12(8-6-11)15(2)3/h5-8,10H,9H2,1-4H3,(H,14,16)/t10-/m0/s1. The summed E-state index contributed by atoms with van der Waals surface area (Å²) >= 11 is 0. The van der Waals surface area contributed by atoms with E-state index >= 15 is 0 Å². The highest BCUT2D eigenvalue weighted by atomic mass is 16.5. The molecule has 4 heteroatoms. The van der Waals surface area contributed by atoms with Crippen molar-refractivity contribution in [1.82, 2.24) is 5.32 Å². The second-order valence-electron chi connectivity index (χ2n) is 4.27. The highest BCUT2D eigenvalue weighted by molar-refractivity contribution is 5.94. The van der Waals surface area contributed by atoms with Gasteiger partial charge >= 0.3 is 0 Å². The number of methoxy groups -OCH3 is 1. The number of benzene rings is 1. The van der Waals surface area contributed by atoms with Gasteiger partial charge in [-0.15, -0.1) is 0 Å². The fourth-order valence-corrected chi connectivity index (χ4v) is 1.51. The molecule has 0 fully saturated rings. The molecule has 0 heterocycles. The van der Waals surface area contributed by atoms with E-state index < -0.39 is 0 Å². The Kier molecular flexibility index (Phi) is 4.97. The van der Waals surface area contributed by atoms with Crippen LogP contribution in [0.3, 0.4) is 0 Å². The van der Waals surface area contributed by atoms with Crippen LogP contribution in [0.4, 0.5) is 5.69 Å². The average molecular weight is 236 g/mol. The van der Waals surface area contributed by atoms with Gasteiger partial charge in [-0.25, -0.2) is 0 Å². The van der Waals surface area contributed by atoms with Crippen LogP contribution in [0.5, 0.6) is 0 Å². The lowest BCUT2D eigenvalue weighted by Gasteiger charge is -2.14. The molecule has 17 heavy (non-hydrogen) atoms. The van der Waals surface area contributed by atoms with Gasteiger partial charge in [-0.05, 0) is 31.2 Å². The molecule has 0 bridgehead atoms. The number of rotatable bonds is 5. The SMILES string of the molecule is COC[C@H](C)NC(=O)c1ccc(N(C)C)cc1. The minimum absolute atomic E-state index is 0.0148. The summed E-state index contributed by atoms with van der Waals surface area (Å²) < 4.78 is 4.97. The Morgan fingerprint density at radius 2 is 1.94 bits per heavy atom. The van der Waals surface area contributed by atoms with Crippen LogP contribution >= 0.6 is 0 Å². The fourth-order valence-electron chi connectivity index (χ4n) is 1.51. The van der Waals surface area contributed by atoms with Crippen LogP contribution in [0, 0.1) is 0 Å². The van der Waals surface area contributed by atoms with Gasteiger partial charge in [0.05, 0.1) is 6.61 Å². The van der Waals surface area contributed by atoms with Crippen molar-refractivity contribution in [2.45, 2.75) is 13.0 Å². The molecule has 0 radical (unpaired) electrons. The van der Waals surface area contributed by atoms with Gasteiger partial charge in [0.2, 0.25) is 0 Å². The third kappa shape index (κ3) is 4.07. The summed E-state index contributed by atoms with van der Waals surface area (Å²) in [5.74, 6) is -0.0696. The topological polar surface area (TPSA) is 41.6 Å². The zero-order chi connectivity index (χ0) is 12.8. The summed E-state index contributed by atoms with van der Waals surface area (Å²) in [4.78, 5) is 13.8. The van der Waals surface area contributed by atoms with Gasteiger partial charge in [-0.1, -0.05) is 0 Å². The second kappa shape index (κ2) is 6.25. The van der Waals surface area contributed by atoms with Crippen LogP contribution in [0.15, 0.2) is 24.3 Å². The molecular weight excluding hydrogens is 216 g/mol. The van der Waals surface area contributed by atoms with Crippen LogP contribution in [-0.4, -0.2) is 39.8 Å². The molecule has 94 valence electrons. The van der Waals surface area contributed by atoms with E-state index in [0.29, 0.717) is 12.2 Å². The minimum Gasteiger partial charge on any atom is -0.383 e. The van der Waals surface area contributed by atoms with Crippen molar-refractivity contribution in [2.24, 2.45) is 0 Å². The first-order chi connectivity index (χ1) is 8.04. The zero-order valence-corrected chi connectivity index (χ0v) is 10.9. The lowest BCUT2D eigenvalue weighted by Crippen LogP contribution is -2.35. The van der Waals surface area contributed by atoms with E-state index in [9.17, 15) is 4.79 Å². The number of ether oxygens (including phenoxy) is 1. The summed E-state index contributed by atoms with van der Waals surface area (Å²) in [6.07, 6.45) is 0. The Bertz CT molecular complexity index is 360. The molecule has 0 aliphatic carbocycles. The maximum atomic E-state index is 11.8. The summed E-state index contributed by atoms with van der Waals surface area (Å²) in [6.45, 7) is 2.43. The monoisotopic (exact) mass is 236 g/mol. The zero-order valence-electron chi connectivity index (χ0n) is 10.9. The molecule has 4 nitrogen and oxygen atoms in total. The van der Waals surface area contributed by atoms with Crippen molar-refractivity contribution in [1.29, 1.82) is 0 Å². The largest absolute Gasteiger partial charge is 0.383 e. The molecule has 0 aromatic heterocycles. The number of nitrogens with zero attached hydrogens (tertiary/aromatic N) is 1. The van der Waals surface area contributed by atoms with Crippen LogP contribution in [0.1, 0.15) is 17.3 Å². The molecular formula is C13H20N2O2. The Balaban J connectivity index is 2.63. The van der Waals surface area contributed by atoms with E-state index in [0.717, 1.165) is 5.69 Å². The first-order valence-corrected chi connectivity index (χ1v) is 5.61. The Hall–Kier alpha value is -1.55. The number of carbonyl (C=O) groups excluding carboxylic acids is 1. The Morgan fingerprint density at radius 1 is 1.35 bits per heavy atom. The lowest BCUT2D eigenvalue weighted by molar-refractivity contribution is 0.0905. The van der Waals surface area contributed by atoms with Crippen molar-refractivity contribution in [3.63, 3.8) is 0 Å². The number of amides is 1. The van der Waals surface area contributed by atoms with Crippen LogP contribution < -0.4 is 10.2 Å². The molecule has 0 spiro atoms. The predicted octanol–water partition coefficient (Wildman–Crippen LogP) is 1.52. The number of anilines is 1. The van der Waals surface area contributed by atoms with Crippen molar-refractivity contribution in [3.8, 4) is 0 Å². The quantitative estimate of drug-likeness (QED) is 0.842. The minimum atomic E-state index is -0.0696. The number of carbonyl (C=O) groups is 1. The molecule has 1 aromatic carbocycles. The molecule has 1 atom stereocenters. The van der Waals surface area contributed by atoms with Gasteiger partial charge in [-0.2, -0.15) is 0 Å². The maximum Gasteiger partial charge on any atom is 0.251 e. The molecule has 0 saturated carbocycles. The third-order valence-electron chi connectivity index (χ3n) is 2.44. The summed E-state index contributed by atoms with van der Waals surface area (Å²) in [5, 5.41) is 2.87. The predicted molar refractivity (Wildman–Crippen MR) is 69.6 cm³/mol. The number of hydrogen-bond donors (Lipinski definition) is 1. The van der Waals surface area contributed by atoms with E-state index in [-0.39, 0.29) is 11.9 Å². The molecule has 0 unspecified atom stereocenters. The van der Waals surface area contributed by atoms with E-state index in [4.69, 9.17) is 4.74 Å². The normalized spacial score (nSPS) is 12.0. The van der Waals surface area contributed by atoms with Crippen LogP contribution in [0.25, 0.3) is 0 Å². The first kappa shape index (κ1) is 13.5. The maximum absolute atomic E-state index is 11.8. The highest BCUT2D eigenvalue weighted by Gasteiger charge is 2.09. The summed E-state index contributed by atoms with van der Waals surface area (Å²) in [6, 6.07) is 7.52. The molecule has 1 N–H and O–H groups in total. The van der Waals surface area contributed by atoms with Gasteiger partial charge in [-0.3, -0.25) is 4.79 Å². The van der Waals surface area contributed by atoms with Crippen molar-refractivity contribution in [3.05, 3.63) is 29.8 Å². The van der Waals surface area contributed by atoms with Crippen LogP contribution in [0.2, 0.25) is 0 Å². The van der Waals surface area contributed by atoms with Crippen LogP contribution in [-0.2, 0) is 4.74 Å². The van der Waals surface area contributed by atoms with Gasteiger partial charge in [0.25, 0.3) is 5.91 Å². The lowest BCUT2D eigenvalue weighted by atomic mass is 10.2. The van der Waals surface area contributed by atoms with Crippen molar-refractivity contribution < 1.29 is 9.53 Å². The van der Waals surface area contributed by atoms with Gasteiger partial charge in [0, 0.05) is 38.5 Å². The first-order valence-electron chi connectivity index (χ1n) is 5.61. The number of nitrogens with one attached hydrogen (secondary N) is 1. The molecule has 0 aliphatic heterocycles. The third-order valence-corrected chi connectivity index (χ3v) is 2.44. The van der Waals surface area contributed by atoms with E-state index in [1.807, 2.05) is 50.2 Å². The summed E-state index contributed by atoms with van der Waals surface area (Å²) in [5.41, 5.74) is 1.74. The molecule has 0 saturated heterocycles. The van der Waals surface area contributed by atoms with Crippen molar-refractivity contribution >= 4 is 11.6 Å². The molecule has 0 aliphatic rings. The number of hydrogen-bond acceptors (Lipinski definition) is 3. The van der Waals surface area contributed by atoms with Gasteiger partial charge in [0.1, 0.15) is 0 Å². The smallest absolute Gasteiger partial charge is 0.251 e. The Morgan fingerprint density at radius 3 is 2.41 bits per heavy atom. The molecule has 1 aromatic rings. The van der Waals surface area contributed by atoms with E-state index in [1.54, 1.807) is 7.11 Å². The van der Waals surface area contributed by atoms with Gasteiger partial charge in [0.15, 0.2) is 0 Å². The van der Waals surface area contributed by atoms with Crippen molar-refractivity contribution in [2.75, 3.05) is 32.7 Å². The van der Waals surface area contributed by atoms with Gasteiger partial charge < -0.3 is 15.0 Å². The fraction of sp³-hybridized carbons (Fsp3) is 0.462. The van der Waals surface area contributed by atoms with E-state index in [2.05, 4.69) is 5.32 Å².